The molecule has 1 unspecified atom stereocenters. The van der Waals surface area contributed by atoms with Crippen LogP contribution in [-0.2, 0) is 11.2 Å². The van der Waals surface area contributed by atoms with Gasteiger partial charge in [0, 0.05) is 18.7 Å². The molecule has 24 heavy (non-hydrogen) atoms. The lowest BCUT2D eigenvalue weighted by Crippen LogP contribution is -2.40. The highest BCUT2D eigenvalue weighted by Gasteiger charge is 2.34. The zero-order valence-electron chi connectivity index (χ0n) is 14.6. The summed E-state index contributed by atoms with van der Waals surface area (Å²) in [6, 6.07) is 6.56. The maximum Gasteiger partial charge on any atom is 0.249 e. The van der Waals surface area contributed by atoms with Crippen molar-refractivity contribution in [2.24, 2.45) is 5.92 Å². The molecule has 0 N–H and O–H groups in total. The molecule has 1 aliphatic heterocycles. The van der Waals surface area contributed by atoms with Crippen LogP contribution in [0.4, 0.5) is 0 Å². The van der Waals surface area contributed by atoms with Gasteiger partial charge < -0.3 is 9.64 Å². The molecule has 0 radical (unpaired) electrons. The Balaban J connectivity index is 1.41. The molecular weight excluding hydrogens is 298 g/mol. The average Bonchev–Trinajstić information content (AvgIpc) is 3.30. The number of piperidine rings is 1. The van der Waals surface area contributed by atoms with Crippen molar-refractivity contribution in [3.63, 3.8) is 0 Å². The maximum absolute atomic E-state index is 12.6. The lowest BCUT2D eigenvalue weighted by atomic mass is 9.80. The first-order valence-corrected chi connectivity index (χ1v) is 9.41. The van der Waals surface area contributed by atoms with Gasteiger partial charge in [-0.05, 0) is 80.0 Å². The zero-order chi connectivity index (χ0) is 16.5. The van der Waals surface area contributed by atoms with Gasteiger partial charge in [-0.3, -0.25) is 4.79 Å². The average molecular weight is 325 g/mol. The van der Waals surface area contributed by atoms with E-state index in [0.29, 0.717) is 17.7 Å². The fraction of sp³-hybridized carbons (Fsp3) is 0.571. The van der Waals surface area contributed by atoms with Crippen molar-refractivity contribution in [1.29, 1.82) is 0 Å². The predicted molar refractivity (Wildman–Crippen MR) is 95.3 cm³/mol. The Morgan fingerprint density at radius 1 is 1.17 bits per heavy atom. The fourth-order valence-corrected chi connectivity index (χ4v) is 4.80. The molecule has 3 nitrogen and oxygen atoms in total. The number of amides is 1. The topological polar surface area (TPSA) is 29.5 Å². The number of likely N-dealkylation sites (tertiary alicyclic amines) is 1. The lowest BCUT2D eigenvalue weighted by molar-refractivity contribution is -0.128. The number of carbonyl (C=O) groups is 1. The van der Waals surface area contributed by atoms with Crippen LogP contribution in [0.2, 0.25) is 0 Å². The number of nitrogens with zero attached hydrogens (tertiary/aromatic N) is 1. The van der Waals surface area contributed by atoms with Gasteiger partial charge >= 0.3 is 0 Å². The molecule has 0 aromatic heterocycles. The highest BCUT2D eigenvalue weighted by molar-refractivity contribution is 5.93. The van der Waals surface area contributed by atoms with E-state index < -0.39 is 0 Å². The minimum absolute atomic E-state index is 0.305. The summed E-state index contributed by atoms with van der Waals surface area (Å²) in [5.41, 5.74) is 4.05. The van der Waals surface area contributed by atoms with Crippen LogP contribution in [0.25, 0.3) is 0 Å². The monoisotopic (exact) mass is 325 g/mol. The first-order valence-electron chi connectivity index (χ1n) is 9.41. The number of carbonyl (C=O) groups excluding carboxylic acids is 1. The molecule has 1 amide bonds. The van der Waals surface area contributed by atoms with E-state index >= 15 is 0 Å². The largest absolute Gasteiger partial charge is 0.497 e. The molecule has 0 bridgehead atoms. The Morgan fingerprint density at radius 3 is 2.71 bits per heavy atom. The molecule has 1 heterocycles. The number of fused-ring (bicyclic) bond motifs is 1. The minimum Gasteiger partial charge on any atom is -0.497 e. The Morgan fingerprint density at radius 2 is 2.00 bits per heavy atom. The van der Waals surface area contributed by atoms with Gasteiger partial charge in [-0.15, -0.1) is 0 Å². The van der Waals surface area contributed by atoms with Gasteiger partial charge in [0.2, 0.25) is 5.91 Å². The van der Waals surface area contributed by atoms with E-state index in [0.717, 1.165) is 56.5 Å². The van der Waals surface area contributed by atoms with Crippen LogP contribution in [0, 0.1) is 5.92 Å². The number of ether oxygens (including phenoxy) is 1. The fourth-order valence-electron chi connectivity index (χ4n) is 4.80. The second-order valence-electron chi connectivity index (χ2n) is 7.46. The third-order valence-corrected chi connectivity index (χ3v) is 6.19. The Bertz CT molecular complexity index is 656. The van der Waals surface area contributed by atoms with Crippen molar-refractivity contribution in [2.75, 3.05) is 20.2 Å². The van der Waals surface area contributed by atoms with Crippen molar-refractivity contribution < 1.29 is 9.53 Å². The molecule has 3 aliphatic rings. The minimum atomic E-state index is 0.305. The summed E-state index contributed by atoms with van der Waals surface area (Å²) in [5, 5.41) is 0. The first-order chi connectivity index (χ1) is 11.8. The number of benzene rings is 1. The van der Waals surface area contributed by atoms with Crippen LogP contribution < -0.4 is 4.74 Å². The van der Waals surface area contributed by atoms with Gasteiger partial charge in [0.25, 0.3) is 0 Å². The summed E-state index contributed by atoms with van der Waals surface area (Å²) >= 11 is 0. The first kappa shape index (κ1) is 15.7. The maximum atomic E-state index is 12.6. The Labute approximate surface area is 144 Å². The van der Waals surface area contributed by atoms with E-state index in [1.54, 1.807) is 7.11 Å². The smallest absolute Gasteiger partial charge is 0.249 e. The third-order valence-electron chi connectivity index (χ3n) is 6.19. The zero-order valence-corrected chi connectivity index (χ0v) is 14.6. The highest BCUT2D eigenvalue weighted by atomic mass is 16.5. The van der Waals surface area contributed by atoms with Crippen molar-refractivity contribution in [3.05, 3.63) is 41.0 Å². The van der Waals surface area contributed by atoms with Crippen LogP contribution in [0.5, 0.6) is 5.75 Å². The second kappa shape index (κ2) is 6.62. The van der Waals surface area contributed by atoms with Crippen molar-refractivity contribution >= 4 is 5.91 Å². The molecule has 1 aromatic rings. The van der Waals surface area contributed by atoms with Crippen LogP contribution >= 0.6 is 0 Å². The van der Waals surface area contributed by atoms with Gasteiger partial charge in [-0.1, -0.05) is 12.1 Å². The molecule has 4 rings (SSSR count). The lowest BCUT2D eigenvalue weighted by Gasteiger charge is -2.35. The number of allylic oxidation sites excluding steroid dienone is 1. The predicted octanol–water partition coefficient (Wildman–Crippen LogP) is 4.07. The number of methoxy groups -OCH3 is 1. The summed E-state index contributed by atoms with van der Waals surface area (Å²) in [6.45, 7) is 1.85. The van der Waals surface area contributed by atoms with Crippen LogP contribution in [-0.4, -0.2) is 31.0 Å². The summed E-state index contributed by atoms with van der Waals surface area (Å²) in [4.78, 5) is 14.6. The molecule has 2 aliphatic carbocycles. The van der Waals surface area contributed by atoms with E-state index in [1.807, 2.05) is 0 Å². The highest BCUT2D eigenvalue weighted by Crippen LogP contribution is 2.43. The van der Waals surface area contributed by atoms with Gasteiger partial charge in [0.05, 0.1) is 7.11 Å². The second-order valence-corrected chi connectivity index (χ2v) is 7.46. The van der Waals surface area contributed by atoms with E-state index in [1.165, 1.54) is 24.0 Å². The van der Waals surface area contributed by atoms with Gasteiger partial charge in [0.15, 0.2) is 0 Å². The quantitative estimate of drug-likeness (QED) is 0.838. The summed E-state index contributed by atoms with van der Waals surface area (Å²) in [7, 11) is 1.74. The third kappa shape index (κ3) is 2.85. The standard InChI is InChI=1S/C21H27NO2/c1-24-18-8-6-15-7-9-19(20(15)14-18)16-10-12-22(13-11-16)21(23)17-4-2-3-5-17/h4,6,8,14,16,19H,2-3,5,7,9-13H2,1H3. The normalized spacial score (nSPS) is 24.0. The number of hydrogen-bond acceptors (Lipinski definition) is 2. The van der Waals surface area contributed by atoms with Crippen molar-refractivity contribution in [3.8, 4) is 5.75 Å². The van der Waals surface area contributed by atoms with E-state index in [9.17, 15) is 4.79 Å². The molecule has 128 valence electrons. The SMILES string of the molecule is COc1ccc2c(c1)C(C1CCN(C(=O)C3=CCCC3)CC1)CC2. The number of hydrogen-bond donors (Lipinski definition) is 0. The number of aryl methyl sites for hydroxylation is 1. The van der Waals surface area contributed by atoms with Gasteiger partial charge in [-0.25, -0.2) is 0 Å². The van der Waals surface area contributed by atoms with Gasteiger partial charge in [0.1, 0.15) is 5.75 Å². The molecule has 1 saturated heterocycles. The van der Waals surface area contributed by atoms with E-state index in [4.69, 9.17) is 4.74 Å². The van der Waals surface area contributed by atoms with E-state index in [2.05, 4.69) is 29.2 Å². The van der Waals surface area contributed by atoms with Gasteiger partial charge in [-0.2, -0.15) is 0 Å². The van der Waals surface area contributed by atoms with Crippen LogP contribution in [0.1, 0.15) is 55.6 Å². The summed E-state index contributed by atoms with van der Waals surface area (Å²) in [5.74, 6) is 2.64. The molecule has 0 spiro atoms. The van der Waals surface area contributed by atoms with E-state index in [-0.39, 0.29) is 0 Å². The van der Waals surface area contributed by atoms with Crippen molar-refractivity contribution in [1.82, 2.24) is 4.90 Å². The molecule has 1 aromatic carbocycles. The summed E-state index contributed by atoms with van der Waals surface area (Å²) in [6.07, 6.45) is 10.1. The molecule has 1 fully saturated rings. The molecule has 1 atom stereocenters. The number of rotatable bonds is 3. The molecule has 0 saturated carbocycles. The molecule has 3 heteroatoms. The molecular formula is C21H27NO2. The van der Waals surface area contributed by atoms with Crippen LogP contribution in [0.15, 0.2) is 29.8 Å². The Hall–Kier alpha value is -1.77. The van der Waals surface area contributed by atoms with Crippen LogP contribution in [0.3, 0.4) is 0 Å². The Kier molecular flexibility index (Phi) is 4.34. The summed E-state index contributed by atoms with van der Waals surface area (Å²) < 4.78 is 5.42. The van der Waals surface area contributed by atoms with Crippen molar-refractivity contribution in [2.45, 2.75) is 50.9 Å².